The topological polar surface area (TPSA) is 58.0 Å². The molecule has 2 N–H and O–H groups in total. The average Bonchev–Trinajstić information content (AvgIpc) is 2.58. The Morgan fingerprint density at radius 1 is 1.22 bits per heavy atom. The summed E-state index contributed by atoms with van der Waals surface area (Å²) in [6.07, 6.45) is 1.10. The minimum Gasteiger partial charge on any atom is -0.493 e. The van der Waals surface area contributed by atoms with Crippen molar-refractivity contribution in [1.29, 1.82) is 0 Å². The molecule has 1 aromatic heterocycles. The number of halogens is 3. The summed E-state index contributed by atoms with van der Waals surface area (Å²) in [4.78, 5) is 13.6. The molecule has 0 bridgehead atoms. The van der Waals surface area contributed by atoms with E-state index in [-0.39, 0.29) is 28.2 Å². The van der Waals surface area contributed by atoms with Crippen LogP contribution in [0.3, 0.4) is 0 Å². The first-order chi connectivity index (χ1) is 8.37. The lowest BCUT2D eigenvalue weighted by Crippen LogP contribution is -2.14. The number of nitrogens with one attached hydrogen (secondary N) is 1. The van der Waals surface area contributed by atoms with Crippen LogP contribution in [0.1, 0.15) is 0 Å². The molecule has 2 rings (SSSR count). The highest BCUT2D eigenvalue weighted by Crippen LogP contribution is 2.36. The summed E-state index contributed by atoms with van der Waals surface area (Å²) in [6.45, 7) is 0. The summed E-state index contributed by atoms with van der Waals surface area (Å²) in [6, 6.07) is 5.10. The highest BCUT2D eigenvalue weighted by molar-refractivity contribution is 8.00. The first-order valence-electron chi connectivity index (χ1n) is 4.72. The smallest absolute Gasteiger partial charge is 0.446 e. The fraction of sp³-hybridized carbons (Fsp3) is 0.100. The van der Waals surface area contributed by atoms with E-state index in [1.807, 2.05) is 0 Å². The number of rotatable bonds is 2. The number of thioether (sulfide) groups is 1. The number of aromatic hydroxyl groups is 1. The second-order valence-electron chi connectivity index (χ2n) is 3.33. The Balaban J connectivity index is 2.31. The van der Waals surface area contributed by atoms with Gasteiger partial charge in [0.05, 0.1) is 11.9 Å². The molecule has 0 atom stereocenters. The second-order valence-corrected chi connectivity index (χ2v) is 4.47. The number of aromatic amines is 1. The molecule has 0 saturated carbocycles. The van der Waals surface area contributed by atoms with E-state index >= 15 is 0 Å². The Bertz CT molecular complexity index is 601. The van der Waals surface area contributed by atoms with E-state index in [0.717, 1.165) is 10.8 Å². The Kier molecular flexibility index (Phi) is 3.12. The van der Waals surface area contributed by atoms with Crippen molar-refractivity contribution in [2.24, 2.45) is 0 Å². The lowest BCUT2D eigenvalue weighted by Gasteiger charge is -2.07. The van der Waals surface area contributed by atoms with Gasteiger partial charge in [0, 0.05) is 4.90 Å². The summed E-state index contributed by atoms with van der Waals surface area (Å²) < 4.78 is 37.3. The third-order valence-corrected chi connectivity index (χ3v) is 2.82. The van der Waals surface area contributed by atoms with Crippen molar-refractivity contribution >= 4 is 11.8 Å². The Morgan fingerprint density at radius 2 is 1.83 bits per heavy atom. The summed E-state index contributed by atoms with van der Waals surface area (Å²) in [5.74, 6) is -0.309. The van der Waals surface area contributed by atoms with Crippen LogP contribution >= 0.6 is 11.8 Å². The molecular weight excluding hydrogens is 269 g/mol. The fourth-order valence-corrected chi connectivity index (χ4v) is 1.95. The first-order valence-corrected chi connectivity index (χ1v) is 5.54. The molecular formula is C10H7F3N2O2S. The van der Waals surface area contributed by atoms with Crippen LogP contribution in [0, 0.1) is 0 Å². The lowest BCUT2D eigenvalue weighted by atomic mass is 10.3. The molecule has 0 aliphatic rings. The van der Waals surface area contributed by atoms with Crippen LogP contribution in [0.15, 0.2) is 40.2 Å². The highest BCUT2D eigenvalue weighted by Gasteiger charge is 2.29. The number of hydrogen-bond donors (Lipinski definition) is 2. The standard InChI is InChI=1S/C10H7F3N2O2S/c11-10(12,13)18-7-3-1-6(2-4-7)15-8(16)5-14-9(15)17/h1-5,16H,(H,14,17). The third kappa shape index (κ3) is 2.70. The molecule has 0 spiro atoms. The zero-order valence-corrected chi connectivity index (χ0v) is 9.55. The summed E-state index contributed by atoms with van der Waals surface area (Å²) in [7, 11) is 0. The zero-order valence-electron chi connectivity index (χ0n) is 8.73. The van der Waals surface area contributed by atoms with Gasteiger partial charge in [0.2, 0.25) is 5.88 Å². The molecule has 0 radical (unpaired) electrons. The van der Waals surface area contributed by atoms with E-state index in [2.05, 4.69) is 4.98 Å². The SMILES string of the molecule is O=c1[nH]cc(O)n1-c1ccc(SC(F)(F)F)cc1. The van der Waals surface area contributed by atoms with E-state index in [9.17, 15) is 23.1 Å². The van der Waals surface area contributed by atoms with Gasteiger partial charge < -0.3 is 10.1 Å². The maximum absolute atomic E-state index is 12.1. The van der Waals surface area contributed by atoms with Crippen LogP contribution in [-0.4, -0.2) is 20.2 Å². The molecule has 96 valence electrons. The monoisotopic (exact) mass is 276 g/mol. The van der Waals surface area contributed by atoms with Gasteiger partial charge in [0.1, 0.15) is 0 Å². The Labute approximate surface area is 103 Å². The predicted molar refractivity (Wildman–Crippen MR) is 60.0 cm³/mol. The van der Waals surface area contributed by atoms with Crippen molar-refractivity contribution in [2.75, 3.05) is 0 Å². The van der Waals surface area contributed by atoms with Crippen molar-refractivity contribution < 1.29 is 18.3 Å². The number of alkyl halides is 3. The molecule has 0 fully saturated rings. The number of H-pyrrole nitrogens is 1. The predicted octanol–water partition coefficient (Wildman–Crippen LogP) is 2.48. The van der Waals surface area contributed by atoms with Crippen molar-refractivity contribution in [1.82, 2.24) is 9.55 Å². The van der Waals surface area contributed by atoms with Crippen LogP contribution < -0.4 is 5.69 Å². The van der Waals surface area contributed by atoms with Crippen molar-refractivity contribution in [3.05, 3.63) is 40.9 Å². The van der Waals surface area contributed by atoms with E-state index < -0.39 is 11.2 Å². The Hall–Kier alpha value is -1.83. The number of imidazole rings is 1. The molecule has 1 heterocycles. The zero-order chi connectivity index (χ0) is 13.3. The molecule has 0 aliphatic carbocycles. The molecule has 0 unspecified atom stereocenters. The van der Waals surface area contributed by atoms with Gasteiger partial charge in [-0.15, -0.1) is 0 Å². The maximum Gasteiger partial charge on any atom is 0.446 e. The van der Waals surface area contributed by atoms with Crippen molar-refractivity contribution in [3.8, 4) is 11.6 Å². The maximum atomic E-state index is 12.1. The van der Waals surface area contributed by atoms with Gasteiger partial charge in [-0.05, 0) is 36.0 Å². The van der Waals surface area contributed by atoms with Crippen molar-refractivity contribution in [2.45, 2.75) is 10.4 Å². The van der Waals surface area contributed by atoms with E-state index in [0.29, 0.717) is 0 Å². The first kappa shape index (κ1) is 12.6. The molecule has 0 amide bonds. The summed E-state index contributed by atoms with van der Waals surface area (Å²) in [5, 5.41) is 9.39. The van der Waals surface area contributed by atoms with Crippen LogP contribution in [0.5, 0.6) is 5.88 Å². The van der Waals surface area contributed by atoms with Gasteiger partial charge in [0.25, 0.3) is 0 Å². The summed E-state index contributed by atoms with van der Waals surface area (Å²) in [5.41, 5.74) is -4.64. The molecule has 2 aromatic rings. The van der Waals surface area contributed by atoms with Gasteiger partial charge in [0.15, 0.2) is 0 Å². The minimum atomic E-state index is -4.35. The minimum absolute atomic E-state index is 0.00863. The highest BCUT2D eigenvalue weighted by atomic mass is 32.2. The lowest BCUT2D eigenvalue weighted by molar-refractivity contribution is -0.0328. The molecule has 0 aliphatic heterocycles. The van der Waals surface area contributed by atoms with E-state index in [1.54, 1.807) is 0 Å². The number of nitrogens with zero attached hydrogens (tertiary/aromatic N) is 1. The average molecular weight is 276 g/mol. The van der Waals surface area contributed by atoms with Crippen LogP contribution in [-0.2, 0) is 0 Å². The fourth-order valence-electron chi connectivity index (χ4n) is 1.41. The molecule has 4 nitrogen and oxygen atoms in total. The third-order valence-electron chi connectivity index (χ3n) is 2.09. The molecule has 0 saturated heterocycles. The molecule has 8 heteroatoms. The van der Waals surface area contributed by atoms with Crippen molar-refractivity contribution in [3.63, 3.8) is 0 Å². The van der Waals surface area contributed by atoms with Crippen LogP contribution in [0.25, 0.3) is 5.69 Å². The van der Waals surface area contributed by atoms with E-state index in [1.165, 1.54) is 24.3 Å². The Morgan fingerprint density at radius 3 is 2.28 bits per heavy atom. The number of benzene rings is 1. The van der Waals surface area contributed by atoms with E-state index in [4.69, 9.17) is 0 Å². The number of hydrogen-bond acceptors (Lipinski definition) is 3. The summed E-state index contributed by atoms with van der Waals surface area (Å²) >= 11 is -0.243. The van der Waals surface area contributed by atoms with Gasteiger partial charge in [-0.1, -0.05) is 0 Å². The van der Waals surface area contributed by atoms with Gasteiger partial charge in [-0.2, -0.15) is 13.2 Å². The van der Waals surface area contributed by atoms with Gasteiger partial charge in [-0.25, -0.2) is 9.36 Å². The molecule has 1 aromatic carbocycles. The quantitative estimate of drug-likeness (QED) is 0.828. The largest absolute Gasteiger partial charge is 0.493 e. The second kappa shape index (κ2) is 4.45. The van der Waals surface area contributed by atoms with Crippen LogP contribution in [0.4, 0.5) is 13.2 Å². The van der Waals surface area contributed by atoms with Crippen LogP contribution in [0.2, 0.25) is 0 Å². The van der Waals surface area contributed by atoms with Gasteiger partial charge in [-0.3, -0.25) is 0 Å². The number of aromatic nitrogens is 2. The van der Waals surface area contributed by atoms with Gasteiger partial charge >= 0.3 is 11.2 Å². The normalized spacial score (nSPS) is 11.7. The molecule has 18 heavy (non-hydrogen) atoms.